The Bertz CT molecular complexity index is 1290. The number of imidazole rings is 1. The van der Waals surface area contributed by atoms with Gasteiger partial charge in [-0.1, -0.05) is 0 Å². The van der Waals surface area contributed by atoms with Gasteiger partial charge in [0, 0.05) is 18.2 Å². The minimum Gasteiger partial charge on any atom is -0.554 e. The first kappa shape index (κ1) is 22.5. The van der Waals surface area contributed by atoms with Gasteiger partial charge in [-0.05, 0) is 32.0 Å². The van der Waals surface area contributed by atoms with E-state index in [4.69, 9.17) is 20.4 Å². The third-order valence-electron chi connectivity index (χ3n) is 5.09. The number of amides is 1. The number of H-pyrrole nitrogens is 1. The predicted octanol–water partition coefficient (Wildman–Crippen LogP) is -0.0477. The van der Waals surface area contributed by atoms with Crippen molar-refractivity contribution in [2.24, 2.45) is 7.05 Å². The Labute approximate surface area is 183 Å². The lowest BCUT2D eigenvalue weighted by Crippen LogP contribution is -2.38. The van der Waals surface area contributed by atoms with Crippen LogP contribution in [0.2, 0.25) is 0 Å². The number of nitrogen functional groups attached to an aromatic ring is 1. The van der Waals surface area contributed by atoms with E-state index in [0.29, 0.717) is 17.7 Å². The number of nitrogens with two attached hydrogens (primary N) is 1. The topological polar surface area (TPSA) is 155 Å². The van der Waals surface area contributed by atoms with Gasteiger partial charge in [-0.15, -0.1) is 0 Å². The smallest absolute Gasteiger partial charge is 0.276 e. The second-order valence-corrected chi connectivity index (χ2v) is 7.00. The van der Waals surface area contributed by atoms with Crippen LogP contribution in [0.15, 0.2) is 24.3 Å². The number of nitrogens with one attached hydrogen (secondary N) is 2. The van der Waals surface area contributed by atoms with Crippen LogP contribution in [0.5, 0.6) is 5.75 Å². The normalized spacial score (nSPS) is 10.6. The van der Waals surface area contributed by atoms with Gasteiger partial charge in [-0.3, -0.25) is 4.79 Å². The molecule has 11 heteroatoms. The van der Waals surface area contributed by atoms with E-state index in [1.807, 2.05) is 38.2 Å². The average molecular weight is 439 g/mol. The maximum absolute atomic E-state index is 12.8. The van der Waals surface area contributed by atoms with Gasteiger partial charge in [0.2, 0.25) is 0 Å². The highest BCUT2D eigenvalue weighted by atomic mass is 16.5. The maximum atomic E-state index is 12.8. The van der Waals surface area contributed by atoms with Crippen LogP contribution in [0.1, 0.15) is 28.9 Å². The minimum atomic E-state index is -0.500. The van der Waals surface area contributed by atoms with Crippen molar-refractivity contribution in [3.63, 3.8) is 0 Å². The number of carbonyl (C=O) groups excluding carboxylic acids is 2. The predicted molar refractivity (Wildman–Crippen MR) is 116 cm³/mol. The highest BCUT2D eigenvalue weighted by molar-refractivity contribution is 5.98. The first-order valence-corrected chi connectivity index (χ1v) is 9.86. The molecule has 0 aliphatic heterocycles. The SMILES string of the molecule is CCn1c(CNC(=O)c2nc3cc(C)[nH]c3nc2N)[n+](C)c2ccc(OC)cc21.O=C[O-]. The van der Waals surface area contributed by atoms with Crippen molar-refractivity contribution >= 4 is 40.4 Å². The van der Waals surface area contributed by atoms with Crippen LogP contribution in [0.3, 0.4) is 0 Å². The van der Waals surface area contributed by atoms with Gasteiger partial charge in [0.25, 0.3) is 11.7 Å². The highest BCUT2D eigenvalue weighted by Gasteiger charge is 2.24. The van der Waals surface area contributed by atoms with E-state index in [1.165, 1.54) is 0 Å². The van der Waals surface area contributed by atoms with Crippen LogP contribution in [0.4, 0.5) is 5.82 Å². The van der Waals surface area contributed by atoms with E-state index in [1.54, 1.807) is 7.11 Å². The number of nitrogens with zero attached hydrogens (tertiary/aromatic N) is 4. The molecule has 1 amide bonds. The number of carboxylic acid groups (broad SMARTS) is 1. The van der Waals surface area contributed by atoms with E-state index in [0.717, 1.165) is 34.8 Å². The molecule has 32 heavy (non-hydrogen) atoms. The Morgan fingerprint density at radius 1 is 1.38 bits per heavy atom. The van der Waals surface area contributed by atoms with E-state index < -0.39 is 6.47 Å². The van der Waals surface area contributed by atoms with Crippen molar-refractivity contribution in [1.29, 1.82) is 0 Å². The molecule has 4 rings (SSSR count). The lowest BCUT2D eigenvalue weighted by atomic mass is 10.3. The van der Waals surface area contributed by atoms with Gasteiger partial charge in [0.15, 0.2) is 28.2 Å². The number of aromatic nitrogens is 5. The molecule has 3 aromatic heterocycles. The molecule has 168 valence electrons. The van der Waals surface area contributed by atoms with Crippen LogP contribution < -0.4 is 25.5 Å². The molecular formula is C21H25N7O4. The molecule has 11 nitrogen and oxygen atoms in total. The number of hydrogen-bond donors (Lipinski definition) is 3. The Balaban J connectivity index is 0.000000913. The summed E-state index contributed by atoms with van der Waals surface area (Å²) in [5.74, 6) is 1.48. The Morgan fingerprint density at radius 2 is 2.09 bits per heavy atom. The molecule has 0 saturated carbocycles. The van der Waals surface area contributed by atoms with Gasteiger partial charge in [-0.2, -0.15) is 0 Å². The third kappa shape index (κ3) is 4.17. The van der Waals surface area contributed by atoms with Crippen LogP contribution in [-0.2, 0) is 24.9 Å². The van der Waals surface area contributed by atoms with Crippen molar-refractivity contribution < 1.29 is 24.0 Å². The molecule has 0 radical (unpaired) electrons. The second-order valence-electron chi connectivity index (χ2n) is 7.00. The zero-order valence-corrected chi connectivity index (χ0v) is 18.3. The standard InChI is InChI=1S/C20H23N7O2.CH2O2/c1-5-27-15-9-12(29-4)6-7-14(15)26(3)16(27)10-22-20(28)17-18(21)25-19-13(24-17)8-11(2)23-19;2-1-3/h6-9H,5,10H2,1-4H3,(H3-,21,22,23,24,25,28);1H,(H,2,3). The number of benzene rings is 1. The Morgan fingerprint density at radius 3 is 2.75 bits per heavy atom. The fraction of sp³-hybridized carbons (Fsp3) is 0.286. The summed E-state index contributed by atoms with van der Waals surface area (Å²) in [4.78, 5) is 32.7. The number of methoxy groups -OCH3 is 1. The molecule has 0 aliphatic rings. The summed E-state index contributed by atoms with van der Waals surface area (Å²) in [6, 6.07) is 7.77. The summed E-state index contributed by atoms with van der Waals surface area (Å²) in [6.45, 7) is 4.55. The highest BCUT2D eigenvalue weighted by Crippen LogP contribution is 2.21. The number of anilines is 1. The fourth-order valence-corrected chi connectivity index (χ4v) is 3.65. The summed E-state index contributed by atoms with van der Waals surface area (Å²) in [5.41, 5.74) is 10.3. The number of ether oxygens (including phenoxy) is 1. The second kappa shape index (κ2) is 9.33. The first-order valence-electron chi connectivity index (χ1n) is 9.86. The first-order chi connectivity index (χ1) is 15.3. The van der Waals surface area contributed by atoms with Crippen LogP contribution in [-0.4, -0.2) is 39.0 Å². The minimum absolute atomic E-state index is 0.0991. The monoisotopic (exact) mass is 439 g/mol. The zero-order valence-electron chi connectivity index (χ0n) is 18.3. The quantitative estimate of drug-likeness (QED) is 0.291. The van der Waals surface area contributed by atoms with Gasteiger partial charge in [0.05, 0.1) is 20.7 Å². The summed E-state index contributed by atoms with van der Waals surface area (Å²) in [6.07, 6.45) is 0. The number of aromatic amines is 1. The average Bonchev–Trinajstić information content (AvgIpc) is 3.26. The van der Waals surface area contributed by atoms with E-state index in [-0.39, 0.29) is 17.4 Å². The number of hydrogen-bond acceptors (Lipinski definition) is 7. The van der Waals surface area contributed by atoms with Crippen molar-refractivity contribution in [3.05, 3.63) is 41.5 Å². The van der Waals surface area contributed by atoms with Crippen LogP contribution in [0.25, 0.3) is 22.2 Å². The Kier molecular flexibility index (Phi) is 6.57. The fourth-order valence-electron chi connectivity index (χ4n) is 3.65. The number of fused-ring (bicyclic) bond motifs is 2. The molecule has 0 atom stereocenters. The largest absolute Gasteiger partial charge is 0.554 e. The summed E-state index contributed by atoms with van der Waals surface area (Å²) in [5, 5.41) is 11.2. The molecule has 0 spiro atoms. The maximum Gasteiger partial charge on any atom is 0.276 e. The molecule has 3 heterocycles. The van der Waals surface area contributed by atoms with Gasteiger partial charge in [-0.25, -0.2) is 19.1 Å². The molecule has 1 aromatic carbocycles. The molecule has 0 bridgehead atoms. The molecule has 4 aromatic rings. The molecule has 0 fully saturated rings. The lowest BCUT2D eigenvalue weighted by molar-refractivity contribution is -0.654. The number of aryl methyl sites for hydroxylation is 3. The molecule has 0 aliphatic carbocycles. The van der Waals surface area contributed by atoms with Crippen molar-refractivity contribution in [2.45, 2.75) is 26.9 Å². The van der Waals surface area contributed by atoms with Gasteiger partial charge in [0.1, 0.15) is 17.8 Å². The van der Waals surface area contributed by atoms with E-state index in [2.05, 4.69) is 36.3 Å². The molecular weight excluding hydrogens is 414 g/mol. The third-order valence-corrected chi connectivity index (χ3v) is 5.09. The van der Waals surface area contributed by atoms with Crippen LogP contribution >= 0.6 is 0 Å². The van der Waals surface area contributed by atoms with Crippen molar-refractivity contribution in [2.75, 3.05) is 12.8 Å². The van der Waals surface area contributed by atoms with Gasteiger partial charge >= 0.3 is 0 Å². The summed E-state index contributed by atoms with van der Waals surface area (Å²) in [7, 11) is 3.63. The van der Waals surface area contributed by atoms with Gasteiger partial charge < -0.3 is 30.7 Å². The number of rotatable bonds is 5. The molecule has 0 saturated heterocycles. The van der Waals surface area contributed by atoms with Crippen molar-refractivity contribution in [1.82, 2.24) is 24.8 Å². The molecule has 4 N–H and O–H groups in total. The van der Waals surface area contributed by atoms with E-state index in [9.17, 15) is 4.79 Å². The van der Waals surface area contributed by atoms with Crippen molar-refractivity contribution in [3.8, 4) is 5.75 Å². The summed E-state index contributed by atoms with van der Waals surface area (Å²) < 4.78 is 9.56. The number of carbonyl (C=O) groups is 2. The lowest BCUT2D eigenvalue weighted by Gasteiger charge is -2.06. The summed E-state index contributed by atoms with van der Waals surface area (Å²) >= 11 is 0. The van der Waals surface area contributed by atoms with E-state index >= 15 is 0 Å². The molecule has 0 unspecified atom stereocenters. The zero-order chi connectivity index (χ0) is 23.4. The Hall–Kier alpha value is -4.15. The van der Waals surface area contributed by atoms with Crippen LogP contribution in [0, 0.1) is 6.92 Å².